The summed E-state index contributed by atoms with van der Waals surface area (Å²) in [6.07, 6.45) is 0.327. The molecule has 1 heterocycles. The SMILES string of the molecule is CCOc1ccccc1CCNNC(=O)[C@@]1(CCC(=O)OC(C)(C)C)N=C(c2ccc(OCCCO)cc2)O[C@H]1c1ccccc1. The lowest BCUT2D eigenvalue weighted by molar-refractivity contribution is -0.155. The normalized spacial score (nSPS) is 17.5. The van der Waals surface area contributed by atoms with E-state index in [2.05, 4.69) is 10.9 Å². The fourth-order valence-corrected chi connectivity index (χ4v) is 5.14. The third-order valence-electron chi connectivity index (χ3n) is 7.26. The molecule has 1 aliphatic heterocycles. The predicted molar refractivity (Wildman–Crippen MR) is 176 cm³/mol. The van der Waals surface area contributed by atoms with Crippen molar-refractivity contribution in [2.75, 3.05) is 26.4 Å². The summed E-state index contributed by atoms with van der Waals surface area (Å²) in [5.74, 6) is 0.863. The summed E-state index contributed by atoms with van der Waals surface area (Å²) in [5, 5.41) is 9.05. The van der Waals surface area contributed by atoms with Gasteiger partial charge in [-0.3, -0.25) is 15.0 Å². The number of aliphatic hydroxyl groups is 1. The summed E-state index contributed by atoms with van der Waals surface area (Å²) >= 11 is 0. The van der Waals surface area contributed by atoms with Crippen LogP contribution in [0.25, 0.3) is 0 Å². The summed E-state index contributed by atoms with van der Waals surface area (Å²) in [6.45, 7) is 8.79. The van der Waals surface area contributed by atoms with Gasteiger partial charge in [-0.05, 0) is 82.0 Å². The summed E-state index contributed by atoms with van der Waals surface area (Å²) in [7, 11) is 0. The third kappa shape index (κ3) is 9.31. The number of hydrazine groups is 1. The standard InChI is InChI=1S/C36H45N3O7/c1-5-43-30-15-10-9-12-26(30)21-23-37-39-34(42)36(22-20-31(41)46-35(2,3)4)32(27-13-7-6-8-14-27)45-33(38-36)28-16-18-29(19-17-28)44-25-11-24-40/h6-10,12-19,32,37,40H,5,11,20-25H2,1-4H3,(H,39,42)/t32-,36-/m0/s1. The minimum atomic E-state index is -1.49. The highest BCUT2D eigenvalue weighted by Crippen LogP contribution is 2.43. The van der Waals surface area contributed by atoms with Gasteiger partial charge in [0.15, 0.2) is 11.6 Å². The molecule has 46 heavy (non-hydrogen) atoms. The number of nitrogens with one attached hydrogen (secondary N) is 2. The molecule has 0 aromatic heterocycles. The van der Waals surface area contributed by atoms with Gasteiger partial charge in [0.25, 0.3) is 5.91 Å². The van der Waals surface area contributed by atoms with Crippen LogP contribution >= 0.6 is 0 Å². The van der Waals surface area contributed by atoms with Crippen LogP contribution in [-0.2, 0) is 25.5 Å². The van der Waals surface area contributed by atoms with E-state index in [-0.39, 0.29) is 25.3 Å². The number of hydrogen-bond acceptors (Lipinski definition) is 9. The minimum Gasteiger partial charge on any atom is -0.494 e. The van der Waals surface area contributed by atoms with Gasteiger partial charge in [-0.1, -0.05) is 48.5 Å². The van der Waals surface area contributed by atoms with Crippen LogP contribution in [0.2, 0.25) is 0 Å². The van der Waals surface area contributed by atoms with Crippen molar-refractivity contribution >= 4 is 17.8 Å². The van der Waals surface area contributed by atoms with Crippen molar-refractivity contribution in [1.29, 1.82) is 0 Å². The van der Waals surface area contributed by atoms with Gasteiger partial charge in [-0.25, -0.2) is 10.4 Å². The molecule has 10 nitrogen and oxygen atoms in total. The van der Waals surface area contributed by atoms with Gasteiger partial charge < -0.3 is 24.1 Å². The number of carbonyl (C=O) groups excluding carboxylic acids is 2. The average Bonchev–Trinajstić information content (AvgIpc) is 3.44. The van der Waals surface area contributed by atoms with E-state index < -0.39 is 29.1 Å². The number of amides is 1. The lowest BCUT2D eigenvalue weighted by Gasteiger charge is -2.31. The molecule has 1 aliphatic rings. The Morgan fingerprint density at radius 3 is 2.39 bits per heavy atom. The molecule has 0 unspecified atom stereocenters. The number of carbonyl (C=O) groups is 2. The van der Waals surface area contributed by atoms with E-state index >= 15 is 0 Å². The molecule has 1 amide bonds. The first-order valence-electron chi connectivity index (χ1n) is 15.8. The van der Waals surface area contributed by atoms with Crippen molar-refractivity contribution in [1.82, 2.24) is 10.9 Å². The maximum Gasteiger partial charge on any atom is 0.306 e. The van der Waals surface area contributed by atoms with Gasteiger partial charge >= 0.3 is 5.97 Å². The molecule has 3 N–H and O–H groups in total. The van der Waals surface area contributed by atoms with E-state index in [1.807, 2.05) is 73.7 Å². The first-order valence-corrected chi connectivity index (χ1v) is 15.8. The highest BCUT2D eigenvalue weighted by Gasteiger charge is 2.53. The molecule has 3 aromatic rings. The number of nitrogens with zero attached hydrogens (tertiary/aromatic N) is 1. The number of aliphatic hydroxyl groups excluding tert-OH is 1. The molecule has 246 valence electrons. The number of hydrogen-bond donors (Lipinski definition) is 3. The zero-order valence-corrected chi connectivity index (χ0v) is 27.1. The Morgan fingerprint density at radius 2 is 1.70 bits per heavy atom. The minimum absolute atomic E-state index is 0.0481. The van der Waals surface area contributed by atoms with E-state index in [1.165, 1.54) is 0 Å². The fraction of sp³-hybridized carbons (Fsp3) is 0.417. The Kier molecular flexibility index (Phi) is 12.2. The Morgan fingerprint density at radius 1 is 0.978 bits per heavy atom. The van der Waals surface area contributed by atoms with E-state index in [1.54, 1.807) is 32.9 Å². The van der Waals surface area contributed by atoms with Gasteiger partial charge in [-0.15, -0.1) is 0 Å². The molecular weight excluding hydrogens is 586 g/mol. The van der Waals surface area contributed by atoms with Crippen LogP contribution in [0, 0.1) is 0 Å². The lowest BCUT2D eigenvalue weighted by Crippen LogP contribution is -2.53. The van der Waals surface area contributed by atoms with Crippen molar-refractivity contribution in [3.63, 3.8) is 0 Å². The zero-order valence-electron chi connectivity index (χ0n) is 27.1. The highest BCUT2D eigenvalue weighted by atomic mass is 16.6. The number of benzene rings is 3. The molecule has 10 heteroatoms. The third-order valence-corrected chi connectivity index (χ3v) is 7.26. The second kappa shape index (κ2) is 16.2. The molecule has 0 fully saturated rings. The monoisotopic (exact) mass is 631 g/mol. The molecule has 3 aromatic carbocycles. The van der Waals surface area contributed by atoms with E-state index in [4.69, 9.17) is 29.0 Å². The first kappa shape index (κ1) is 34.5. The predicted octanol–water partition coefficient (Wildman–Crippen LogP) is 5.09. The van der Waals surface area contributed by atoms with Crippen molar-refractivity contribution in [2.24, 2.45) is 4.99 Å². The van der Waals surface area contributed by atoms with Crippen LogP contribution in [0.4, 0.5) is 0 Å². The van der Waals surface area contributed by atoms with Gasteiger partial charge in [0, 0.05) is 31.6 Å². The van der Waals surface area contributed by atoms with Crippen LogP contribution < -0.4 is 20.3 Å². The maximum atomic E-state index is 14.2. The summed E-state index contributed by atoms with van der Waals surface area (Å²) in [4.78, 5) is 32.1. The van der Waals surface area contributed by atoms with Crippen molar-refractivity contribution in [3.05, 3.63) is 95.6 Å². The molecule has 0 saturated carbocycles. The van der Waals surface area contributed by atoms with Crippen LogP contribution in [0.3, 0.4) is 0 Å². The second-order valence-corrected chi connectivity index (χ2v) is 12.0. The Hall–Kier alpha value is -4.41. The average molecular weight is 632 g/mol. The van der Waals surface area contributed by atoms with Crippen LogP contribution in [0.5, 0.6) is 11.5 Å². The Labute approximate surface area is 271 Å². The molecule has 0 bridgehead atoms. The van der Waals surface area contributed by atoms with Crippen LogP contribution in [0.15, 0.2) is 83.9 Å². The Bertz CT molecular complexity index is 1450. The molecule has 0 aliphatic carbocycles. The van der Waals surface area contributed by atoms with Gasteiger partial charge in [-0.2, -0.15) is 0 Å². The number of rotatable bonds is 16. The highest BCUT2D eigenvalue weighted by molar-refractivity contribution is 6.01. The quantitative estimate of drug-likeness (QED) is 0.113. The summed E-state index contributed by atoms with van der Waals surface area (Å²) < 4.78 is 23.5. The topological polar surface area (TPSA) is 128 Å². The van der Waals surface area contributed by atoms with E-state index in [0.717, 1.165) is 16.9 Å². The number of para-hydroxylation sites is 1. The molecule has 2 atom stereocenters. The zero-order chi connectivity index (χ0) is 33.0. The smallest absolute Gasteiger partial charge is 0.306 e. The number of esters is 1. The van der Waals surface area contributed by atoms with Crippen LogP contribution in [-0.4, -0.2) is 60.4 Å². The summed E-state index contributed by atoms with van der Waals surface area (Å²) in [6, 6.07) is 24.4. The largest absolute Gasteiger partial charge is 0.494 e. The van der Waals surface area contributed by atoms with Gasteiger partial charge in [0.1, 0.15) is 17.1 Å². The maximum absolute atomic E-state index is 14.2. The van der Waals surface area contributed by atoms with E-state index in [0.29, 0.717) is 43.9 Å². The number of ether oxygens (including phenoxy) is 4. The summed E-state index contributed by atoms with van der Waals surface area (Å²) in [5.41, 5.74) is 6.17. The molecule has 4 rings (SSSR count). The fourth-order valence-electron chi connectivity index (χ4n) is 5.14. The van der Waals surface area contributed by atoms with E-state index in [9.17, 15) is 9.59 Å². The molecule has 0 saturated heterocycles. The van der Waals surface area contributed by atoms with Crippen LogP contribution in [0.1, 0.15) is 69.8 Å². The molecular formula is C36H45N3O7. The van der Waals surface area contributed by atoms with Crippen molar-refractivity contribution in [3.8, 4) is 11.5 Å². The first-order chi connectivity index (χ1) is 22.1. The van der Waals surface area contributed by atoms with Gasteiger partial charge in [0.05, 0.1) is 13.2 Å². The lowest BCUT2D eigenvalue weighted by atomic mass is 9.83. The van der Waals surface area contributed by atoms with Crippen molar-refractivity contribution < 1.29 is 33.6 Å². The molecule has 0 radical (unpaired) electrons. The number of aliphatic imine (C=N–C) groups is 1. The van der Waals surface area contributed by atoms with Gasteiger partial charge in [0.2, 0.25) is 5.90 Å². The second-order valence-electron chi connectivity index (χ2n) is 12.0. The van der Waals surface area contributed by atoms with Crippen molar-refractivity contribution in [2.45, 2.75) is 70.6 Å². The molecule has 0 spiro atoms. The Balaban J connectivity index is 1.61.